The molecular weight excluding hydrogens is 757 g/mol. The van der Waals surface area contributed by atoms with Gasteiger partial charge in [-0.05, 0) is 63.7 Å². The zero-order valence-electron chi connectivity index (χ0n) is 34.7. The van der Waals surface area contributed by atoms with Crippen molar-refractivity contribution in [2.75, 3.05) is 0 Å². The van der Waals surface area contributed by atoms with E-state index < -0.39 is 0 Å². The molecule has 0 radical (unpaired) electrons. The molecule has 0 bridgehead atoms. The number of fused-ring (bicyclic) bond motifs is 6. The highest BCUT2D eigenvalue weighted by atomic mass is 32.1. The number of furan rings is 1. The van der Waals surface area contributed by atoms with Crippen LogP contribution in [0.25, 0.3) is 110 Å². The average molecular weight is 793 g/mol. The maximum absolute atomic E-state index is 6.61. The van der Waals surface area contributed by atoms with E-state index in [1.807, 2.05) is 30.3 Å². The number of rotatable bonds is 6. The molecule has 0 aliphatic rings. The fourth-order valence-corrected chi connectivity index (χ4v) is 10.3. The van der Waals surface area contributed by atoms with E-state index in [9.17, 15) is 0 Å². The van der Waals surface area contributed by atoms with Gasteiger partial charge in [-0.15, -0.1) is 27.7 Å². The fraction of sp³-hybridized carbons (Fsp3) is 0. The van der Waals surface area contributed by atoms with Gasteiger partial charge in [-0.3, -0.25) is 0 Å². The molecule has 4 nitrogen and oxygen atoms in total. The third kappa shape index (κ3) is 6.24. The van der Waals surface area contributed by atoms with Gasteiger partial charge in [-0.1, -0.05) is 138 Å². The molecule has 0 spiro atoms. The van der Waals surface area contributed by atoms with Crippen molar-refractivity contribution >= 4 is 120 Å². The fourth-order valence-electron chi connectivity index (χ4n) is 9.07. The molecule has 8 aromatic carbocycles. The lowest BCUT2D eigenvalue weighted by Crippen LogP contribution is -2.55. The van der Waals surface area contributed by atoms with Crippen molar-refractivity contribution < 1.29 is 4.42 Å². The highest BCUT2D eigenvalue weighted by molar-refractivity contribution is 7.26. The molecule has 11 rings (SSSR count). The maximum Gasteiger partial charge on any atom is 0.165 e. The molecule has 0 saturated heterocycles. The molecule has 282 valence electrons. The third-order valence-corrected chi connectivity index (χ3v) is 14.0. The van der Waals surface area contributed by atoms with E-state index in [0.717, 1.165) is 49.8 Å². The third-order valence-electron chi connectivity index (χ3n) is 12.8. The van der Waals surface area contributed by atoms with E-state index in [4.69, 9.17) is 19.4 Å². The summed E-state index contributed by atoms with van der Waals surface area (Å²) in [6.45, 7) is 0. The van der Waals surface area contributed by atoms with Gasteiger partial charge in [0.15, 0.2) is 17.5 Å². The van der Waals surface area contributed by atoms with Gasteiger partial charge in [0.1, 0.15) is 50.4 Å². The molecule has 0 fully saturated rings. The molecule has 0 aliphatic heterocycles. The smallest absolute Gasteiger partial charge is 0.165 e. The summed E-state index contributed by atoms with van der Waals surface area (Å²) in [7, 11) is 11.2. The lowest BCUT2D eigenvalue weighted by molar-refractivity contribution is 0.669. The Bertz CT molecular complexity index is 3500. The summed E-state index contributed by atoms with van der Waals surface area (Å²) in [6, 6.07) is 55.6. The first-order valence-electron chi connectivity index (χ1n) is 20.8. The Balaban J connectivity index is 0.960. The van der Waals surface area contributed by atoms with Crippen LogP contribution in [-0.4, -0.2) is 54.2 Å². The van der Waals surface area contributed by atoms with Crippen molar-refractivity contribution in [3.63, 3.8) is 0 Å². The van der Waals surface area contributed by atoms with Crippen LogP contribution < -0.4 is 27.3 Å². The van der Waals surface area contributed by atoms with Crippen LogP contribution in [0.5, 0.6) is 0 Å². The van der Waals surface area contributed by atoms with E-state index in [0.29, 0.717) is 17.5 Å². The molecule has 3 heterocycles. The van der Waals surface area contributed by atoms with E-state index >= 15 is 0 Å². The Morgan fingerprint density at radius 1 is 0.377 bits per heavy atom. The van der Waals surface area contributed by atoms with Crippen LogP contribution in [0, 0.1) is 0 Å². The Kier molecular flexibility index (Phi) is 8.94. The highest BCUT2D eigenvalue weighted by Crippen LogP contribution is 2.41. The molecule has 0 aliphatic carbocycles. The zero-order chi connectivity index (χ0) is 41.4. The number of benzene rings is 8. The molecule has 3 aromatic heterocycles. The van der Waals surface area contributed by atoms with Crippen LogP contribution in [0.1, 0.15) is 0 Å². The molecule has 0 amide bonds. The molecule has 10 heteroatoms. The monoisotopic (exact) mass is 793 g/mol. The SMILES string of the molecule is Bc1c(B)c(B)c(-c2ccc(-c3ccc(-c4ccc5c(c4)oc4cccc(-c6nc(-c7ccccc7)nc(-c7cccc8c7sc7ccccc78)n6)c45)cc3)cc2)c(B)c1B. The Hall–Kier alpha value is -6.89. The van der Waals surface area contributed by atoms with E-state index in [2.05, 4.69) is 167 Å². The van der Waals surface area contributed by atoms with Crippen molar-refractivity contribution in [2.24, 2.45) is 0 Å². The normalized spacial score (nSPS) is 11.6. The molecule has 0 atom stereocenters. The van der Waals surface area contributed by atoms with Crippen molar-refractivity contribution in [1.82, 2.24) is 15.0 Å². The predicted molar refractivity (Wildman–Crippen MR) is 273 cm³/mol. The highest BCUT2D eigenvalue weighted by Gasteiger charge is 2.20. The van der Waals surface area contributed by atoms with Crippen molar-refractivity contribution in [3.8, 4) is 67.5 Å². The zero-order valence-corrected chi connectivity index (χ0v) is 35.5. The van der Waals surface area contributed by atoms with Gasteiger partial charge in [-0.25, -0.2) is 15.0 Å². The van der Waals surface area contributed by atoms with Gasteiger partial charge >= 0.3 is 0 Å². The molecular formula is C51H36B5N3OS. The van der Waals surface area contributed by atoms with Crippen LogP contribution >= 0.6 is 11.3 Å². The average Bonchev–Trinajstić information content (AvgIpc) is 3.89. The summed E-state index contributed by atoms with van der Waals surface area (Å²) in [4.78, 5) is 15.5. The second kappa shape index (κ2) is 14.7. The summed E-state index contributed by atoms with van der Waals surface area (Å²) in [6.07, 6.45) is 0. The van der Waals surface area contributed by atoms with Gasteiger partial charge in [0.25, 0.3) is 0 Å². The Labute approximate surface area is 362 Å². The number of hydrogen-bond acceptors (Lipinski definition) is 5. The lowest BCUT2D eigenvalue weighted by atomic mass is 9.59. The first-order valence-corrected chi connectivity index (χ1v) is 21.6. The molecule has 61 heavy (non-hydrogen) atoms. The summed E-state index contributed by atoms with van der Waals surface area (Å²) in [5, 5.41) is 4.45. The van der Waals surface area contributed by atoms with Crippen LogP contribution in [-0.2, 0) is 0 Å². The van der Waals surface area contributed by atoms with E-state index in [1.165, 1.54) is 69.7 Å². The minimum absolute atomic E-state index is 0.609. The summed E-state index contributed by atoms with van der Waals surface area (Å²) in [5.41, 5.74) is 18.6. The van der Waals surface area contributed by atoms with Crippen molar-refractivity contribution in [3.05, 3.63) is 158 Å². The standard InChI is InChI=1S/C51H36B5N3OS/c52-43-41(44(53)46(55)47(56)45(43)54)30-22-20-28(21-23-30)27-16-18-29(19-17-27)32-24-25-35-39(26-32)60-38-14-7-12-36(42(35)38)50-57-49(31-8-2-1-3-9-31)58-51(59-50)37-13-6-11-34-33-10-4-5-15-40(33)61-48(34)37/h1-26H,52-56H2. The predicted octanol–water partition coefficient (Wildman–Crippen LogP) is 5.43. The first kappa shape index (κ1) is 37.1. The maximum atomic E-state index is 6.61. The largest absolute Gasteiger partial charge is 0.456 e. The summed E-state index contributed by atoms with van der Waals surface area (Å²) >= 11 is 1.78. The number of hydrogen-bond donors (Lipinski definition) is 0. The first-order chi connectivity index (χ1) is 29.8. The number of aromatic nitrogens is 3. The van der Waals surface area contributed by atoms with Crippen LogP contribution in [0.4, 0.5) is 0 Å². The van der Waals surface area contributed by atoms with Gasteiger partial charge in [0.05, 0.1) is 0 Å². The molecule has 0 saturated carbocycles. The van der Waals surface area contributed by atoms with Crippen LogP contribution in [0.2, 0.25) is 0 Å². The Morgan fingerprint density at radius 2 is 0.918 bits per heavy atom. The van der Waals surface area contributed by atoms with Gasteiger partial charge in [0.2, 0.25) is 0 Å². The minimum atomic E-state index is 0.609. The van der Waals surface area contributed by atoms with Gasteiger partial charge < -0.3 is 4.42 Å². The van der Waals surface area contributed by atoms with E-state index in [-0.39, 0.29) is 0 Å². The second-order valence-electron chi connectivity index (χ2n) is 16.1. The number of thiophene rings is 1. The van der Waals surface area contributed by atoms with Crippen molar-refractivity contribution in [1.29, 1.82) is 0 Å². The quantitative estimate of drug-likeness (QED) is 0.211. The summed E-state index contributed by atoms with van der Waals surface area (Å²) in [5.74, 6) is 1.89. The number of nitrogens with zero attached hydrogens (tertiary/aromatic N) is 3. The molecule has 0 unspecified atom stereocenters. The van der Waals surface area contributed by atoms with Crippen LogP contribution in [0.3, 0.4) is 0 Å². The van der Waals surface area contributed by atoms with Crippen molar-refractivity contribution in [2.45, 2.75) is 0 Å². The molecule has 0 N–H and O–H groups in total. The second-order valence-corrected chi connectivity index (χ2v) is 17.2. The Morgan fingerprint density at radius 3 is 1.64 bits per heavy atom. The van der Waals surface area contributed by atoms with Crippen LogP contribution in [0.15, 0.2) is 162 Å². The topological polar surface area (TPSA) is 51.8 Å². The summed E-state index contributed by atoms with van der Waals surface area (Å²) < 4.78 is 9.01. The van der Waals surface area contributed by atoms with Gasteiger partial charge in [0, 0.05) is 47.6 Å². The lowest BCUT2D eigenvalue weighted by Gasteiger charge is -2.20. The van der Waals surface area contributed by atoms with E-state index in [1.54, 1.807) is 11.3 Å². The van der Waals surface area contributed by atoms with Gasteiger partial charge in [-0.2, -0.15) is 0 Å². The minimum Gasteiger partial charge on any atom is -0.456 e. The molecule has 11 aromatic rings.